The van der Waals surface area contributed by atoms with Crippen LogP contribution in [0.1, 0.15) is 39.2 Å². The van der Waals surface area contributed by atoms with Gasteiger partial charge in [-0.25, -0.2) is 0 Å². The zero-order valence-electron chi connectivity index (χ0n) is 15.1. The number of hydrogen-bond acceptors (Lipinski definition) is 2. The Morgan fingerprint density at radius 1 is 0.960 bits per heavy atom. The number of fused-ring (bicyclic) bond motifs is 2. The van der Waals surface area contributed by atoms with Crippen molar-refractivity contribution in [2.75, 3.05) is 0 Å². The van der Waals surface area contributed by atoms with Crippen LogP contribution in [0.4, 0.5) is 0 Å². The summed E-state index contributed by atoms with van der Waals surface area (Å²) >= 11 is 0. The van der Waals surface area contributed by atoms with E-state index < -0.39 is 0 Å². The van der Waals surface area contributed by atoms with Crippen molar-refractivity contribution in [2.45, 2.75) is 40.0 Å². The molecular weight excluding hydrogens is 308 g/mol. The van der Waals surface area contributed by atoms with Gasteiger partial charge in [0.25, 0.3) is 0 Å². The zero-order chi connectivity index (χ0) is 17.8. The van der Waals surface area contributed by atoms with Crippen LogP contribution >= 0.6 is 0 Å². The van der Waals surface area contributed by atoms with Crippen molar-refractivity contribution in [1.29, 1.82) is 0 Å². The Balaban J connectivity index is 1.96. The summed E-state index contributed by atoms with van der Waals surface area (Å²) < 4.78 is 5.94. The molecule has 25 heavy (non-hydrogen) atoms. The Morgan fingerprint density at radius 2 is 1.72 bits per heavy atom. The van der Waals surface area contributed by atoms with Gasteiger partial charge in [0.05, 0.1) is 10.8 Å². The van der Waals surface area contributed by atoms with Gasteiger partial charge in [0.1, 0.15) is 11.2 Å². The maximum absolute atomic E-state index is 12.9. The van der Waals surface area contributed by atoms with Crippen molar-refractivity contribution < 1.29 is 4.42 Å². The van der Waals surface area contributed by atoms with E-state index in [1.165, 1.54) is 11.1 Å². The average molecular weight is 332 g/mol. The number of para-hydroxylation sites is 1. The summed E-state index contributed by atoms with van der Waals surface area (Å²) in [7, 11) is 0. The van der Waals surface area contributed by atoms with E-state index in [2.05, 4.69) is 32.9 Å². The Labute approximate surface area is 148 Å². The van der Waals surface area contributed by atoms with Crippen LogP contribution in [-0.2, 0) is 6.42 Å². The van der Waals surface area contributed by atoms with Crippen molar-refractivity contribution in [1.82, 2.24) is 0 Å². The van der Waals surface area contributed by atoms with Crippen molar-refractivity contribution in [3.8, 4) is 0 Å². The van der Waals surface area contributed by atoms with Crippen molar-refractivity contribution in [3.63, 3.8) is 0 Å². The molecule has 128 valence electrons. The number of rotatable bonds is 5. The van der Waals surface area contributed by atoms with Gasteiger partial charge in [-0.15, -0.1) is 0 Å². The molecule has 1 heterocycles. The monoisotopic (exact) mass is 332 g/mol. The molecule has 0 unspecified atom stereocenters. The molecule has 0 saturated carbocycles. The Morgan fingerprint density at radius 3 is 2.52 bits per heavy atom. The quantitative estimate of drug-likeness (QED) is 0.412. The third kappa shape index (κ3) is 3.90. The second-order valence-corrected chi connectivity index (χ2v) is 6.79. The normalized spacial score (nSPS) is 11.9. The molecule has 0 saturated heterocycles. The molecule has 1 aromatic heterocycles. The predicted octanol–water partition coefficient (Wildman–Crippen LogP) is 6.18. The van der Waals surface area contributed by atoms with Gasteiger partial charge in [-0.3, -0.25) is 4.79 Å². The SMILES string of the molecule is CC(C)=CCC/C(C)=C\Cc1cccc2oc3ccccc3c(=O)c12. The Hall–Kier alpha value is -2.61. The van der Waals surface area contributed by atoms with E-state index >= 15 is 0 Å². The second-order valence-electron chi connectivity index (χ2n) is 6.79. The van der Waals surface area contributed by atoms with E-state index in [0.29, 0.717) is 21.9 Å². The van der Waals surface area contributed by atoms with Gasteiger partial charge in [-0.1, -0.05) is 47.6 Å². The third-order valence-electron chi connectivity index (χ3n) is 4.45. The fourth-order valence-corrected chi connectivity index (χ4v) is 3.06. The Kier molecular flexibility index (Phi) is 5.18. The molecule has 0 spiro atoms. The molecule has 0 radical (unpaired) electrons. The lowest BCUT2D eigenvalue weighted by atomic mass is 10.0. The van der Waals surface area contributed by atoms with Crippen LogP contribution in [0.2, 0.25) is 0 Å². The lowest BCUT2D eigenvalue weighted by Gasteiger charge is -2.06. The minimum atomic E-state index is 0.0584. The molecule has 2 nitrogen and oxygen atoms in total. The number of hydrogen-bond donors (Lipinski definition) is 0. The molecule has 0 bridgehead atoms. The van der Waals surface area contributed by atoms with Gasteiger partial charge < -0.3 is 4.42 Å². The fourth-order valence-electron chi connectivity index (χ4n) is 3.06. The first-order valence-electron chi connectivity index (χ1n) is 8.78. The van der Waals surface area contributed by atoms with Gasteiger partial charge in [0.15, 0.2) is 0 Å². The van der Waals surface area contributed by atoms with Crippen LogP contribution in [0.3, 0.4) is 0 Å². The van der Waals surface area contributed by atoms with Crippen LogP contribution in [0, 0.1) is 0 Å². The first-order chi connectivity index (χ1) is 12.1. The molecule has 0 amide bonds. The van der Waals surface area contributed by atoms with Gasteiger partial charge in [0, 0.05) is 0 Å². The molecule has 0 atom stereocenters. The van der Waals surface area contributed by atoms with Crippen molar-refractivity contribution >= 4 is 21.9 Å². The summed E-state index contributed by atoms with van der Waals surface area (Å²) in [6.45, 7) is 6.40. The van der Waals surface area contributed by atoms with Crippen LogP contribution in [0.5, 0.6) is 0 Å². The third-order valence-corrected chi connectivity index (χ3v) is 4.45. The van der Waals surface area contributed by atoms with Crippen LogP contribution in [-0.4, -0.2) is 0 Å². The molecule has 0 aliphatic rings. The first-order valence-corrected chi connectivity index (χ1v) is 8.78. The molecule has 0 aliphatic carbocycles. The molecule has 2 aromatic carbocycles. The topological polar surface area (TPSA) is 30.2 Å². The van der Waals surface area contributed by atoms with E-state index in [9.17, 15) is 4.79 Å². The summed E-state index contributed by atoms with van der Waals surface area (Å²) in [6.07, 6.45) is 7.35. The summed E-state index contributed by atoms with van der Waals surface area (Å²) in [6, 6.07) is 13.3. The largest absolute Gasteiger partial charge is 0.456 e. The average Bonchev–Trinajstić information content (AvgIpc) is 2.59. The maximum Gasteiger partial charge on any atom is 0.200 e. The minimum absolute atomic E-state index is 0.0584. The molecule has 0 fully saturated rings. The molecule has 0 aliphatic heterocycles. The highest BCUT2D eigenvalue weighted by Gasteiger charge is 2.10. The number of benzene rings is 2. The fraction of sp³-hybridized carbons (Fsp3) is 0.261. The van der Waals surface area contributed by atoms with E-state index in [1.54, 1.807) is 0 Å². The van der Waals surface area contributed by atoms with Gasteiger partial charge in [-0.2, -0.15) is 0 Å². The van der Waals surface area contributed by atoms with E-state index in [1.807, 2.05) is 42.5 Å². The standard InChI is InChI=1S/C23H24O2/c1-16(2)8-6-9-17(3)14-15-18-10-7-13-21-22(18)23(24)19-11-4-5-12-20(19)25-21/h4-5,7-8,10-14H,6,9,15H2,1-3H3/b17-14-. The van der Waals surface area contributed by atoms with Crippen molar-refractivity contribution in [3.05, 3.63) is 81.5 Å². The van der Waals surface area contributed by atoms with Crippen LogP contribution < -0.4 is 5.43 Å². The van der Waals surface area contributed by atoms with Crippen LogP contribution in [0.25, 0.3) is 21.9 Å². The van der Waals surface area contributed by atoms with E-state index in [-0.39, 0.29) is 5.43 Å². The minimum Gasteiger partial charge on any atom is -0.456 e. The summed E-state index contributed by atoms with van der Waals surface area (Å²) in [4.78, 5) is 12.9. The Bertz CT molecular complexity index is 1020. The van der Waals surface area contributed by atoms with Gasteiger partial charge in [-0.05, 0) is 63.8 Å². The highest BCUT2D eigenvalue weighted by Crippen LogP contribution is 2.22. The smallest absolute Gasteiger partial charge is 0.200 e. The predicted molar refractivity (Wildman–Crippen MR) is 106 cm³/mol. The highest BCUT2D eigenvalue weighted by molar-refractivity contribution is 5.91. The molecule has 3 rings (SSSR count). The molecular formula is C23H24O2. The molecule has 0 N–H and O–H groups in total. The van der Waals surface area contributed by atoms with Crippen LogP contribution in [0.15, 0.2) is 75.0 Å². The molecule has 2 heteroatoms. The van der Waals surface area contributed by atoms with E-state index in [0.717, 1.165) is 24.8 Å². The van der Waals surface area contributed by atoms with E-state index in [4.69, 9.17) is 4.42 Å². The van der Waals surface area contributed by atoms with Crippen molar-refractivity contribution in [2.24, 2.45) is 0 Å². The summed E-state index contributed by atoms with van der Waals surface area (Å²) in [5.74, 6) is 0. The summed E-state index contributed by atoms with van der Waals surface area (Å²) in [5, 5.41) is 1.35. The first kappa shape index (κ1) is 17.2. The maximum atomic E-state index is 12.9. The molecule has 3 aromatic rings. The lowest BCUT2D eigenvalue weighted by Crippen LogP contribution is -2.05. The lowest BCUT2D eigenvalue weighted by molar-refractivity contribution is 0.659. The summed E-state index contributed by atoms with van der Waals surface area (Å²) in [5.41, 5.74) is 5.09. The highest BCUT2D eigenvalue weighted by atomic mass is 16.3. The zero-order valence-corrected chi connectivity index (χ0v) is 15.1. The van der Waals surface area contributed by atoms with Gasteiger partial charge >= 0.3 is 0 Å². The second kappa shape index (κ2) is 7.52. The number of allylic oxidation sites excluding steroid dienone is 4. The van der Waals surface area contributed by atoms with Gasteiger partial charge in [0.2, 0.25) is 5.43 Å².